The van der Waals surface area contributed by atoms with Gasteiger partial charge in [0, 0.05) is 12.2 Å². The minimum Gasteiger partial charge on any atom is -0.478 e. The summed E-state index contributed by atoms with van der Waals surface area (Å²) in [5.41, 5.74) is 2.99. The highest BCUT2D eigenvalue weighted by Gasteiger charge is 2.26. The molecule has 0 atom stereocenters. The third-order valence-corrected chi connectivity index (χ3v) is 2.94. The Hall–Kier alpha value is -2.10. The number of carboxylic acids is 1. The summed E-state index contributed by atoms with van der Waals surface area (Å²) in [5.74, 6) is -0.946. The fourth-order valence-electron chi connectivity index (χ4n) is 1.99. The average molecular weight is 245 g/mol. The number of benzene rings is 1. The molecule has 0 unspecified atom stereocenters. The van der Waals surface area contributed by atoms with Crippen LogP contribution < -0.4 is 4.90 Å². The molecule has 0 bridgehead atoms. The van der Waals surface area contributed by atoms with Crippen molar-refractivity contribution in [3.8, 4) is 0 Å². The number of nitrogens with zero attached hydrogens (tertiary/aromatic N) is 1. The molecule has 0 aromatic heterocycles. The monoisotopic (exact) mass is 245 g/mol. The van der Waals surface area contributed by atoms with Crippen LogP contribution >= 0.6 is 0 Å². The molecule has 18 heavy (non-hydrogen) atoms. The van der Waals surface area contributed by atoms with Crippen LogP contribution in [0, 0.1) is 0 Å². The molecule has 0 saturated heterocycles. The van der Waals surface area contributed by atoms with E-state index in [-0.39, 0.29) is 17.9 Å². The van der Waals surface area contributed by atoms with Crippen LogP contribution in [0.4, 0.5) is 5.69 Å². The van der Waals surface area contributed by atoms with Gasteiger partial charge in [-0.1, -0.05) is 11.6 Å². The van der Waals surface area contributed by atoms with Gasteiger partial charge in [0.2, 0.25) is 5.91 Å². The highest BCUT2D eigenvalue weighted by molar-refractivity contribution is 6.02. The van der Waals surface area contributed by atoms with Crippen molar-refractivity contribution in [1.29, 1.82) is 0 Å². The molecule has 1 heterocycles. The third kappa shape index (κ3) is 2.27. The summed E-state index contributed by atoms with van der Waals surface area (Å²) < 4.78 is 0. The van der Waals surface area contributed by atoms with Crippen molar-refractivity contribution in [1.82, 2.24) is 0 Å². The highest BCUT2D eigenvalue weighted by atomic mass is 16.4. The normalized spacial score (nSPS) is 13.4. The molecular weight excluding hydrogens is 230 g/mol. The van der Waals surface area contributed by atoms with Gasteiger partial charge in [-0.25, -0.2) is 4.79 Å². The lowest BCUT2D eigenvalue weighted by atomic mass is 10.1. The molecule has 0 saturated carbocycles. The van der Waals surface area contributed by atoms with Crippen molar-refractivity contribution >= 4 is 17.6 Å². The molecule has 1 amide bonds. The summed E-state index contributed by atoms with van der Waals surface area (Å²) in [7, 11) is 0. The molecule has 0 radical (unpaired) electrons. The molecule has 94 valence electrons. The van der Waals surface area contributed by atoms with Gasteiger partial charge in [0.1, 0.15) is 0 Å². The lowest BCUT2D eigenvalue weighted by Crippen LogP contribution is -2.26. The van der Waals surface area contributed by atoms with Gasteiger partial charge in [-0.15, -0.1) is 0 Å². The van der Waals surface area contributed by atoms with Gasteiger partial charge in [-0.2, -0.15) is 0 Å². The molecule has 4 heteroatoms. The molecule has 0 spiro atoms. The van der Waals surface area contributed by atoms with Gasteiger partial charge in [-0.3, -0.25) is 4.79 Å². The van der Waals surface area contributed by atoms with Crippen LogP contribution in [-0.2, 0) is 11.2 Å². The van der Waals surface area contributed by atoms with Crippen LogP contribution in [0.5, 0.6) is 0 Å². The number of rotatable bonds is 3. The summed E-state index contributed by atoms with van der Waals surface area (Å²) in [6.45, 7) is 4.50. The number of carboxylic acid groups (broad SMARTS) is 1. The summed E-state index contributed by atoms with van der Waals surface area (Å²) in [6, 6.07) is 4.83. The Labute approximate surface area is 106 Å². The van der Waals surface area contributed by atoms with Crippen LogP contribution in [0.3, 0.4) is 0 Å². The SMILES string of the molecule is CC(C)=CCN1C(=O)Cc2cc(C(=O)O)ccc21. The van der Waals surface area contributed by atoms with E-state index in [2.05, 4.69) is 0 Å². The number of hydrogen-bond acceptors (Lipinski definition) is 2. The van der Waals surface area contributed by atoms with Crippen molar-refractivity contribution in [2.75, 3.05) is 11.4 Å². The minimum atomic E-state index is -0.965. The number of hydrogen-bond donors (Lipinski definition) is 1. The lowest BCUT2D eigenvalue weighted by Gasteiger charge is -2.15. The first-order chi connectivity index (χ1) is 8.49. The van der Waals surface area contributed by atoms with Crippen molar-refractivity contribution in [3.05, 3.63) is 41.0 Å². The number of fused-ring (bicyclic) bond motifs is 1. The van der Waals surface area contributed by atoms with Crippen LogP contribution in [-0.4, -0.2) is 23.5 Å². The van der Waals surface area contributed by atoms with Gasteiger partial charge in [0.05, 0.1) is 12.0 Å². The van der Waals surface area contributed by atoms with E-state index < -0.39 is 5.97 Å². The Morgan fingerprint density at radius 3 is 2.78 bits per heavy atom. The lowest BCUT2D eigenvalue weighted by molar-refractivity contribution is -0.117. The second-order valence-corrected chi connectivity index (χ2v) is 4.61. The molecule has 0 aliphatic carbocycles. The Bertz CT molecular complexity index is 542. The van der Waals surface area contributed by atoms with Gasteiger partial charge in [0.25, 0.3) is 0 Å². The Morgan fingerprint density at radius 2 is 2.17 bits per heavy atom. The van der Waals surface area contributed by atoms with Crippen LogP contribution in [0.15, 0.2) is 29.8 Å². The standard InChI is InChI=1S/C14H15NO3/c1-9(2)5-6-15-12-4-3-10(14(17)18)7-11(12)8-13(15)16/h3-5,7H,6,8H2,1-2H3,(H,17,18). The van der Waals surface area contributed by atoms with Crippen molar-refractivity contribution < 1.29 is 14.7 Å². The Balaban J connectivity index is 2.32. The predicted octanol–water partition coefficient (Wildman–Crippen LogP) is 2.24. The number of amides is 1. The Morgan fingerprint density at radius 1 is 1.44 bits per heavy atom. The Kier molecular flexibility index (Phi) is 3.19. The molecular formula is C14H15NO3. The van der Waals surface area contributed by atoms with Crippen LogP contribution in [0.2, 0.25) is 0 Å². The summed E-state index contributed by atoms with van der Waals surface area (Å²) in [4.78, 5) is 24.4. The van der Waals surface area contributed by atoms with E-state index in [1.165, 1.54) is 6.07 Å². The summed E-state index contributed by atoms with van der Waals surface area (Å²) in [6.07, 6.45) is 2.27. The predicted molar refractivity (Wildman–Crippen MR) is 68.9 cm³/mol. The van der Waals surface area contributed by atoms with Crippen molar-refractivity contribution in [3.63, 3.8) is 0 Å². The van der Waals surface area contributed by atoms with Crippen molar-refractivity contribution in [2.45, 2.75) is 20.3 Å². The van der Waals surface area contributed by atoms with E-state index >= 15 is 0 Å². The number of allylic oxidation sites excluding steroid dienone is 1. The fraction of sp³-hybridized carbons (Fsp3) is 0.286. The fourth-order valence-corrected chi connectivity index (χ4v) is 1.99. The topological polar surface area (TPSA) is 57.6 Å². The molecule has 0 fully saturated rings. The molecule has 4 nitrogen and oxygen atoms in total. The van der Waals surface area contributed by atoms with Gasteiger partial charge < -0.3 is 10.0 Å². The molecule has 1 aliphatic rings. The first-order valence-corrected chi connectivity index (χ1v) is 5.79. The number of aromatic carboxylic acids is 1. The molecule has 2 rings (SSSR count). The summed E-state index contributed by atoms with van der Waals surface area (Å²) in [5, 5.41) is 8.92. The first-order valence-electron chi connectivity index (χ1n) is 5.79. The van der Waals surface area contributed by atoms with E-state index in [1.54, 1.807) is 17.0 Å². The van der Waals surface area contributed by atoms with Gasteiger partial charge in [0.15, 0.2) is 0 Å². The molecule has 1 aromatic rings. The quantitative estimate of drug-likeness (QED) is 0.831. The zero-order chi connectivity index (χ0) is 13.3. The largest absolute Gasteiger partial charge is 0.478 e. The van der Waals surface area contributed by atoms with Gasteiger partial charge in [-0.05, 0) is 37.6 Å². The number of carbonyl (C=O) groups excluding carboxylic acids is 1. The van der Waals surface area contributed by atoms with E-state index in [0.29, 0.717) is 6.54 Å². The zero-order valence-corrected chi connectivity index (χ0v) is 10.4. The smallest absolute Gasteiger partial charge is 0.335 e. The van der Waals surface area contributed by atoms with E-state index in [9.17, 15) is 9.59 Å². The maximum atomic E-state index is 11.9. The number of carbonyl (C=O) groups is 2. The van der Waals surface area contributed by atoms with E-state index in [0.717, 1.165) is 16.8 Å². The second kappa shape index (κ2) is 4.64. The molecule has 1 aliphatic heterocycles. The number of anilines is 1. The summed E-state index contributed by atoms with van der Waals surface area (Å²) >= 11 is 0. The maximum absolute atomic E-state index is 11.9. The zero-order valence-electron chi connectivity index (χ0n) is 10.4. The van der Waals surface area contributed by atoms with E-state index in [4.69, 9.17) is 5.11 Å². The van der Waals surface area contributed by atoms with Crippen LogP contribution in [0.1, 0.15) is 29.8 Å². The van der Waals surface area contributed by atoms with Crippen molar-refractivity contribution in [2.24, 2.45) is 0 Å². The van der Waals surface area contributed by atoms with E-state index in [1.807, 2.05) is 19.9 Å². The maximum Gasteiger partial charge on any atom is 0.335 e. The van der Waals surface area contributed by atoms with Crippen LogP contribution in [0.25, 0.3) is 0 Å². The second-order valence-electron chi connectivity index (χ2n) is 4.61. The van der Waals surface area contributed by atoms with Gasteiger partial charge >= 0.3 is 5.97 Å². The highest BCUT2D eigenvalue weighted by Crippen LogP contribution is 2.29. The minimum absolute atomic E-state index is 0.0186. The average Bonchev–Trinajstić information content (AvgIpc) is 2.60. The molecule has 1 N–H and O–H groups in total. The first kappa shape index (κ1) is 12.4. The third-order valence-electron chi connectivity index (χ3n) is 2.94. The molecule has 1 aromatic carbocycles.